The molecule has 0 aliphatic rings. The topological polar surface area (TPSA) is 189 Å². The Morgan fingerprint density at radius 2 is 0.758 bits per heavy atom. The first-order valence-corrected chi connectivity index (χ1v) is 32.7. The van der Waals surface area contributed by atoms with Crippen LogP contribution in [-0.2, 0) is 28.2 Å². The van der Waals surface area contributed by atoms with Crippen LogP contribution in [0.5, 0.6) is 0 Å². The van der Waals surface area contributed by atoms with E-state index in [4.69, 9.17) is 22.1 Å². The highest BCUT2D eigenvalue weighted by Gasteiger charge is 2.10. The van der Waals surface area contributed by atoms with Gasteiger partial charge < -0.3 is 40.4 Å². The fraction of sp³-hybridized carbons (Fsp3) is 0.220. The number of aromatic nitrogens is 12. The van der Waals surface area contributed by atoms with Crippen molar-refractivity contribution in [2.75, 3.05) is 0 Å². The molecular weight excluding hydrogens is 1230 g/mol. The zero-order chi connectivity index (χ0) is 70.6. The summed E-state index contributed by atoms with van der Waals surface area (Å²) >= 11 is 0. The van der Waals surface area contributed by atoms with Crippen LogP contribution in [0, 0.1) is 96.9 Å². The Kier molecular flexibility index (Phi) is 22.3. The van der Waals surface area contributed by atoms with Gasteiger partial charge in [-0.3, -0.25) is 29.9 Å². The standard InChI is InChI=1S/C10H10O.4C9H10N2.4C9H9NO/c1-7-8(2)11-10-6-4-3-5-9(7)10;1-7-5-8-6-10-4-3-9(8)11(7)2;1-7-5-8-3-4-10-6-9(8)11(7)2;1-7-6-8-9(11(7)2)4-3-5-10-8;1-7-6-8-4-3-5-10-9(8)11(7)2;1-6-7(2)11-9-3-4-10-5-8(6)9;1-6-7(2)11-9-5-10-4-3-8(6)9;1-6-7(2)11-8-4-3-5-10-9(6)8;1-6-7(2)11-9-8(6)4-3-5-10-9/h5*3-6H,1-2H3;4*3-5H,1-2H3. The zero-order valence-corrected chi connectivity index (χ0v) is 59.9. The Morgan fingerprint density at radius 1 is 0.283 bits per heavy atom. The molecule has 0 amide bonds. The molecule has 0 unspecified atom stereocenters. The first-order valence-electron chi connectivity index (χ1n) is 32.7. The van der Waals surface area contributed by atoms with Crippen molar-refractivity contribution in [3.8, 4) is 0 Å². The Bertz CT molecular complexity index is 4610. The van der Waals surface area contributed by atoms with Crippen LogP contribution in [-0.4, -0.2) is 58.1 Å². The van der Waals surface area contributed by atoms with Gasteiger partial charge in [-0.2, -0.15) is 0 Å². The second-order valence-corrected chi connectivity index (χ2v) is 24.4. The summed E-state index contributed by atoms with van der Waals surface area (Å²) in [6.45, 7) is 28.5. The van der Waals surface area contributed by atoms with Crippen molar-refractivity contribution >= 4 is 99.0 Å². The molecule has 18 rings (SSSR count). The lowest BCUT2D eigenvalue weighted by Crippen LogP contribution is -1.90. The minimum Gasteiger partial charge on any atom is -0.461 e. The van der Waals surface area contributed by atoms with Gasteiger partial charge in [0, 0.05) is 156 Å². The molecule has 18 aromatic rings. The SMILES string of the molecule is Cc1cc2cccnc2n1C.Cc1cc2ccncc2n1C.Cc1cc2cnccc2n1C.Cc1cc2ncccc2n1C.Cc1oc2ccccc2c1C.Cc1oc2cccnc2c1C.Cc1oc2ccncc2c1C.Cc1oc2cnccc2c1C.Cc1oc2ncccc2c1C. The van der Waals surface area contributed by atoms with Gasteiger partial charge in [0.1, 0.15) is 51.1 Å². The van der Waals surface area contributed by atoms with Crippen molar-refractivity contribution in [3.05, 3.63) is 275 Å². The van der Waals surface area contributed by atoms with Gasteiger partial charge in [-0.1, -0.05) is 18.2 Å². The maximum Gasteiger partial charge on any atom is 0.226 e. The maximum absolute atomic E-state index is 5.50. The van der Waals surface area contributed by atoms with Crippen LogP contribution in [0.2, 0.25) is 0 Å². The molecule has 0 fully saturated rings. The summed E-state index contributed by atoms with van der Waals surface area (Å²) in [5.41, 5.74) is 22.2. The Hall–Kier alpha value is -11.7. The number of hydrogen-bond donors (Lipinski definition) is 0. The highest BCUT2D eigenvalue weighted by molar-refractivity contribution is 5.85. The van der Waals surface area contributed by atoms with E-state index in [2.05, 4.69) is 163 Å². The molecule has 0 atom stereocenters. The van der Waals surface area contributed by atoms with Crippen LogP contribution < -0.4 is 0 Å². The van der Waals surface area contributed by atoms with Crippen LogP contribution in [0.1, 0.15) is 79.4 Å². The molecule has 0 aliphatic carbocycles. The predicted molar refractivity (Wildman–Crippen MR) is 401 cm³/mol. The van der Waals surface area contributed by atoms with Gasteiger partial charge in [-0.05, 0) is 222 Å². The molecule has 0 bridgehead atoms. The van der Waals surface area contributed by atoms with Gasteiger partial charge in [-0.15, -0.1) is 0 Å². The summed E-state index contributed by atoms with van der Waals surface area (Å²) in [7, 11) is 8.21. The number of aryl methyl sites for hydroxylation is 18. The van der Waals surface area contributed by atoms with Gasteiger partial charge in [0.2, 0.25) is 5.71 Å². The van der Waals surface area contributed by atoms with E-state index in [1.165, 1.54) is 83.1 Å². The summed E-state index contributed by atoms with van der Waals surface area (Å²) in [6, 6.07) is 40.4. The van der Waals surface area contributed by atoms with Gasteiger partial charge >= 0.3 is 0 Å². The van der Waals surface area contributed by atoms with E-state index in [-0.39, 0.29) is 0 Å². The van der Waals surface area contributed by atoms with E-state index < -0.39 is 0 Å². The van der Waals surface area contributed by atoms with Crippen molar-refractivity contribution in [1.29, 1.82) is 0 Å². The average molecular weight is 1320 g/mol. The molecule has 1 aromatic carbocycles. The molecule has 0 spiro atoms. The molecule has 0 saturated heterocycles. The minimum absolute atomic E-state index is 0.738. The smallest absolute Gasteiger partial charge is 0.226 e. The third kappa shape index (κ3) is 16.1. The summed E-state index contributed by atoms with van der Waals surface area (Å²) in [6.07, 6.45) is 21.7. The summed E-state index contributed by atoms with van der Waals surface area (Å²) in [5, 5.41) is 8.32. The molecule has 17 aromatic heterocycles. The molecule has 0 aliphatic heterocycles. The first kappa shape index (κ1) is 70.1. The van der Waals surface area contributed by atoms with E-state index in [1.807, 2.05) is 185 Å². The van der Waals surface area contributed by atoms with Crippen molar-refractivity contribution in [2.24, 2.45) is 28.2 Å². The fourth-order valence-corrected chi connectivity index (χ4v) is 11.2. The first-order chi connectivity index (χ1) is 47.6. The Labute approximate surface area is 576 Å². The monoisotopic (exact) mass is 1320 g/mol. The van der Waals surface area contributed by atoms with E-state index >= 15 is 0 Å². The van der Waals surface area contributed by atoms with Crippen LogP contribution >= 0.6 is 0 Å². The highest BCUT2D eigenvalue weighted by Crippen LogP contribution is 2.27. The van der Waals surface area contributed by atoms with Gasteiger partial charge in [-0.25, -0.2) is 9.97 Å². The number of rotatable bonds is 0. The minimum atomic E-state index is 0.738. The maximum atomic E-state index is 5.50. The Morgan fingerprint density at radius 3 is 1.43 bits per heavy atom. The van der Waals surface area contributed by atoms with Crippen molar-refractivity contribution in [1.82, 2.24) is 58.1 Å². The Balaban J connectivity index is 0.000000120. The summed E-state index contributed by atoms with van der Waals surface area (Å²) < 4.78 is 35.8. The predicted octanol–water partition coefficient (Wildman–Crippen LogP) is 20.4. The summed E-state index contributed by atoms with van der Waals surface area (Å²) in [4.78, 5) is 32.9. The molecule has 504 valence electrons. The van der Waals surface area contributed by atoms with Gasteiger partial charge in [0.25, 0.3) is 0 Å². The van der Waals surface area contributed by atoms with Crippen LogP contribution in [0.4, 0.5) is 0 Å². The second-order valence-electron chi connectivity index (χ2n) is 24.4. The lowest BCUT2D eigenvalue weighted by atomic mass is 10.2. The van der Waals surface area contributed by atoms with Gasteiger partial charge in [0.15, 0.2) is 11.2 Å². The quantitative estimate of drug-likeness (QED) is 0.140. The normalized spacial score (nSPS) is 10.7. The number of nitrogens with zero attached hydrogens (tertiary/aromatic N) is 12. The van der Waals surface area contributed by atoms with E-state index in [0.717, 1.165) is 95.2 Å². The molecule has 0 saturated carbocycles. The average Bonchev–Trinajstić information content (AvgIpc) is 1.98. The number of pyridine rings is 8. The third-order valence-corrected chi connectivity index (χ3v) is 18.2. The lowest BCUT2D eigenvalue weighted by Gasteiger charge is -1.96. The van der Waals surface area contributed by atoms with Crippen LogP contribution in [0.15, 0.2) is 218 Å². The molecule has 17 heteroatoms. The number of para-hydroxylation sites is 1. The highest BCUT2D eigenvalue weighted by atomic mass is 16.4. The molecule has 17 heterocycles. The van der Waals surface area contributed by atoms with E-state index in [1.54, 1.807) is 31.0 Å². The number of fused-ring (bicyclic) bond motifs is 9. The van der Waals surface area contributed by atoms with Crippen LogP contribution in [0.3, 0.4) is 0 Å². The molecule has 99 heavy (non-hydrogen) atoms. The molecular formula is C82H86N12O5. The van der Waals surface area contributed by atoms with E-state index in [9.17, 15) is 0 Å². The van der Waals surface area contributed by atoms with Crippen molar-refractivity contribution in [2.45, 2.75) is 96.9 Å². The molecule has 0 N–H and O–H groups in total. The van der Waals surface area contributed by atoms with E-state index in [0.29, 0.717) is 0 Å². The second kappa shape index (κ2) is 31.4. The lowest BCUT2D eigenvalue weighted by molar-refractivity contribution is 0.564. The van der Waals surface area contributed by atoms with Crippen molar-refractivity contribution in [3.63, 3.8) is 0 Å². The molecule has 17 nitrogen and oxygen atoms in total. The third-order valence-electron chi connectivity index (χ3n) is 18.2. The summed E-state index contributed by atoms with van der Waals surface area (Å²) in [5.74, 6) is 4.89. The number of hydrogen-bond acceptors (Lipinski definition) is 13. The number of benzene rings is 1. The zero-order valence-electron chi connectivity index (χ0n) is 59.9. The van der Waals surface area contributed by atoms with Crippen LogP contribution in [0.25, 0.3) is 99.0 Å². The van der Waals surface area contributed by atoms with Gasteiger partial charge in [0.05, 0.1) is 34.5 Å². The number of furan rings is 5. The molecule has 0 radical (unpaired) electrons. The largest absolute Gasteiger partial charge is 0.461 e. The van der Waals surface area contributed by atoms with Crippen molar-refractivity contribution < 1.29 is 22.1 Å². The fourth-order valence-electron chi connectivity index (χ4n) is 11.2.